The Hall–Kier alpha value is -2.89. The van der Waals surface area contributed by atoms with E-state index in [1.807, 2.05) is 20.8 Å². The Morgan fingerprint density at radius 1 is 1.17 bits per heavy atom. The minimum atomic E-state index is -0.485. The van der Waals surface area contributed by atoms with Gasteiger partial charge in [-0.2, -0.15) is 0 Å². The number of hydrogen-bond acceptors (Lipinski definition) is 6. The number of carbonyl (C=O) groups excluding carboxylic acids is 1. The Bertz CT molecular complexity index is 785. The molecular formula is C18H20N2O4. The van der Waals surface area contributed by atoms with Crippen LogP contribution in [0.2, 0.25) is 0 Å². The van der Waals surface area contributed by atoms with Gasteiger partial charge in [-0.3, -0.25) is 9.97 Å². The minimum absolute atomic E-state index is 0.0426. The number of phenols is 1. The standard InChI is InChI=1S/C18H20N2O4/c1-11-12(2)20-15(13(3)19-11)10-24-18(22)8-6-14-5-7-16(21)17(9-14)23-4/h5-9,21H,10H2,1-4H3/b8-6+. The third-order valence-corrected chi connectivity index (χ3v) is 3.55. The molecule has 0 aliphatic heterocycles. The lowest BCUT2D eigenvalue weighted by Gasteiger charge is -2.07. The predicted molar refractivity (Wildman–Crippen MR) is 89.7 cm³/mol. The molecule has 0 spiro atoms. The van der Waals surface area contributed by atoms with E-state index in [0.717, 1.165) is 17.1 Å². The van der Waals surface area contributed by atoms with Gasteiger partial charge in [0.25, 0.3) is 0 Å². The number of rotatable bonds is 5. The topological polar surface area (TPSA) is 81.5 Å². The van der Waals surface area contributed by atoms with E-state index in [-0.39, 0.29) is 12.4 Å². The molecule has 0 saturated heterocycles. The number of phenolic OH excluding ortho intramolecular Hbond substituents is 1. The van der Waals surface area contributed by atoms with E-state index in [2.05, 4.69) is 9.97 Å². The number of aryl methyl sites for hydroxylation is 3. The lowest BCUT2D eigenvalue weighted by Crippen LogP contribution is -2.07. The van der Waals surface area contributed by atoms with Crippen LogP contribution in [-0.2, 0) is 16.1 Å². The zero-order chi connectivity index (χ0) is 17.7. The quantitative estimate of drug-likeness (QED) is 0.671. The van der Waals surface area contributed by atoms with Gasteiger partial charge in [0.1, 0.15) is 6.61 Å². The van der Waals surface area contributed by atoms with Crippen molar-refractivity contribution in [2.24, 2.45) is 0 Å². The highest BCUT2D eigenvalue weighted by atomic mass is 16.5. The lowest BCUT2D eigenvalue weighted by atomic mass is 10.2. The van der Waals surface area contributed by atoms with E-state index >= 15 is 0 Å². The van der Waals surface area contributed by atoms with E-state index in [0.29, 0.717) is 17.0 Å². The van der Waals surface area contributed by atoms with Crippen molar-refractivity contribution < 1.29 is 19.4 Å². The first-order valence-corrected chi connectivity index (χ1v) is 7.43. The van der Waals surface area contributed by atoms with Crippen LogP contribution in [-0.4, -0.2) is 28.2 Å². The molecule has 0 amide bonds. The van der Waals surface area contributed by atoms with Crippen molar-refractivity contribution in [2.45, 2.75) is 27.4 Å². The number of aromatic hydroxyl groups is 1. The number of aromatic nitrogens is 2. The minimum Gasteiger partial charge on any atom is -0.504 e. The van der Waals surface area contributed by atoms with Gasteiger partial charge in [0.2, 0.25) is 0 Å². The van der Waals surface area contributed by atoms with Gasteiger partial charge in [-0.25, -0.2) is 4.79 Å². The van der Waals surface area contributed by atoms with E-state index in [9.17, 15) is 9.90 Å². The van der Waals surface area contributed by atoms with Gasteiger partial charge >= 0.3 is 5.97 Å². The van der Waals surface area contributed by atoms with Crippen LogP contribution < -0.4 is 4.74 Å². The fourth-order valence-corrected chi connectivity index (χ4v) is 2.05. The zero-order valence-corrected chi connectivity index (χ0v) is 14.2. The molecule has 126 valence electrons. The fourth-order valence-electron chi connectivity index (χ4n) is 2.05. The highest BCUT2D eigenvalue weighted by Crippen LogP contribution is 2.26. The van der Waals surface area contributed by atoms with Crippen LogP contribution in [0.25, 0.3) is 6.08 Å². The van der Waals surface area contributed by atoms with Crippen LogP contribution in [0.1, 0.15) is 28.3 Å². The molecule has 1 N–H and O–H groups in total. The first-order valence-electron chi connectivity index (χ1n) is 7.43. The smallest absolute Gasteiger partial charge is 0.331 e. The van der Waals surface area contributed by atoms with Crippen molar-refractivity contribution in [2.75, 3.05) is 7.11 Å². The summed E-state index contributed by atoms with van der Waals surface area (Å²) >= 11 is 0. The number of carbonyl (C=O) groups is 1. The summed E-state index contributed by atoms with van der Waals surface area (Å²) in [6, 6.07) is 4.79. The molecule has 0 aliphatic carbocycles. The fraction of sp³-hybridized carbons (Fsp3) is 0.278. The monoisotopic (exact) mass is 328 g/mol. The molecule has 2 aromatic rings. The molecule has 0 saturated carbocycles. The lowest BCUT2D eigenvalue weighted by molar-refractivity contribution is -0.139. The van der Waals surface area contributed by atoms with Gasteiger partial charge in [0.05, 0.1) is 29.9 Å². The molecule has 0 bridgehead atoms. The third kappa shape index (κ3) is 4.32. The van der Waals surface area contributed by atoms with Crippen molar-refractivity contribution in [3.8, 4) is 11.5 Å². The SMILES string of the molecule is COc1cc(/C=C/C(=O)OCc2nc(C)c(C)nc2C)ccc1O. The third-order valence-electron chi connectivity index (χ3n) is 3.55. The Kier molecular flexibility index (Phi) is 5.52. The molecule has 1 heterocycles. The second-order valence-corrected chi connectivity index (χ2v) is 5.30. The summed E-state index contributed by atoms with van der Waals surface area (Å²) in [6.07, 6.45) is 2.90. The summed E-state index contributed by atoms with van der Waals surface area (Å²) in [6.45, 7) is 5.66. The van der Waals surface area contributed by atoms with Crippen molar-refractivity contribution in [1.29, 1.82) is 0 Å². The predicted octanol–water partition coefficient (Wildman–Crippen LogP) is 2.87. The second kappa shape index (κ2) is 7.59. The maximum absolute atomic E-state index is 11.8. The van der Waals surface area contributed by atoms with Gasteiger partial charge < -0.3 is 14.6 Å². The average molecular weight is 328 g/mol. The molecule has 6 heteroatoms. The zero-order valence-electron chi connectivity index (χ0n) is 14.2. The van der Waals surface area contributed by atoms with Crippen LogP contribution in [0, 0.1) is 20.8 Å². The summed E-state index contributed by atoms with van der Waals surface area (Å²) in [4.78, 5) is 20.6. The highest BCUT2D eigenvalue weighted by Gasteiger charge is 2.08. The molecule has 0 fully saturated rings. The molecular weight excluding hydrogens is 308 g/mol. The van der Waals surface area contributed by atoms with Crippen LogP contribution >= 0.6 is 0 Å². The average Bonchev–Trinajstić information content (AvgIpc) is 2.56. The van der Waals surface area contributed by atoms with Gasteiger partial charge in [-0.1, -0.05) is 6.07 Å². The molecule has 0 atom stereocenters. The first-order chi connectivity index (χ1) is 11.4. The van der Waals surface area contributed by atoms with Gasteiger partial charge in [-0.05, 0) is 44.5 Å². The molecule has 24 heavy (non-hydrogen) atoms. The normalized spacial score (nSPS) is 10.8. The van der Waals surface area contributed by atoms with Crippen LogP contribution in [0.4, 0.5) is 0 Å². The highest BCUT2D eigenvalue weighted by molar-refractivity contribution is 5.87. The van der Waals surface area contributed by atoms with Crippen molar-refractivity contribution in [3.05, 3.63) is 52.6 Å². The van der Waals surface area contributed by atoms with Crippen molar-refractivity contribution in [1.82, 2.24) is 9.97 Å². The summed E-state index contributed by atoms with van der Waals surface area (Å²) in [5.74, 6) is -0.103. The molecule has 0 unspecified atom stereocenters. The van der Waals surface area contributed by atoms with E-state index < -0.39 is 5.97 Å². The van der Waals surface area contributed by atoms with Gasteiger partial charge in [0.15, 0.2) is 11.5 Å². The summed E-state index contributed by atoms with van der Waals surface area (Å²) < 4.78 is 10.2. The molecule has 2 rings (SSSR count). The molecule has 0 radical (unpaired) electrons. The molecule has 6 nitrogen and oxygen atoms in total. The maximum atomic E-state index is 11.8. The summed E-state index contributed by atoms with van der Waals surface area (Å²) in [7, 11) is 1.46. The molecule has 1 aromatic carbocycles. The number of hydrogen-bond donors (Lipinski definition) is 1. The number of esters is 1. The Labute approximate surface area is 140 Å². The Morgan fingerprint density at radius 3 is 2.58 bits per heavy atom. The Morgan fingerprint density at radius 2 is 1.88 bits per heavy atom. The van der Waals surface area contributed by atoms with Gasteiger partial charge in [0, 0.05) is 6.08 Å². The van der Waals surface area contributed by atoms with Crippen LogP contribution in [0.3, 0.4) is 0 Å². The van der Waals surface area contributed by atoms with Crippen molar-refractivity contribution in [3.63, 3.8) is 0 Å². The number of ether oxygens (including phenoxy) is 2. The van der Waals surface area contributed by atoms with Gasteiger partial charge in [-0.15, -0.1) is 0 Å². The van der Waals surface area contributed by atoms with E-state index in [1.165, 1.54) is 19.3 Å². The summed E-state index contributed by atoms with van der Waals surface area (Å²) in [5.41, 5.74) is 3.79. The van der Waals surface area contributed by atoms with Crippen molar-refractivity contribution >= 4 is 12.0 Å². The number of nitrogens with zero attached hydrogens (tertiary/aromatic N) is 2. The van der Waals surface area contributed by atoms with E-state index in [1.54, 1.807) is 18.2 Å². The Balaban J connectivity index is 2.00. The van der Waals surface area contributed by atoms with Crippen LogP contribution in [0.5, 0.6) is 11.5 Å². The van der Waals surface area contributed by atoms with E-state index in [4.69, 9.17) is 9.47 Å². The molecule has 0 aliphatic rings. The largest absolute Gasteiger partial charge is 0.504 e. The summed E-state index contributed by atoms with van der Waals surface area (Å²) in [5, 5.41) is 9.54. The second-order valence-electron chi connectivity index (χ2n) is 5.30. The maximum Gasteiger partial charge on any atom is 0.331 e. The van der Waals surface area contributed by atoms with Crippen LogP contribution in [0.15, 0.2) is 24.3 Å². The number of benzene rings is 1. The first kappa shape index (κ1) is 17.5. The molecule has 1 aromatic heterocycles. The number of methoxy groups -OCH3 is 1.